The van der Waals surface area contributed by atoms with Crippen molar-refractivity contribution in [3.05, 3.63) is 51.7 Å². The highest BCUT2D eigenvalue weighted by atomic mass is 16.1. The van der Waals surface area contributed by atoms with Crippen molar-refractivity contribution < 1.29 is 4.79 Å². The van der Waals surface area contributed by atoms with E-state index >= 15 is 0 Å². The van der Waals surface area contributed by atoms with Crippen molar-refractivity contribution in [3.8, 4) is 0 Å². The largest absolute Gasteiger partial charge is 0.361 e. The van der Waals surface area contributed by atoms with Gasteiger partial charge in [-0.3, -0.25) is 4.79 Å². The molecule has 3 rings (SSSR count). The maximum Gasteiger partial charge on any atom is 0.224 e. The first-order valence-corrected chi connectivity index (χ1v) is 8.62. The number of hydrogen-bond donors (Lipinski definition) is 3. The van der Waals surface area contributed by atoms with Gasteiger partial charge in [-0.1, -0.05) is 18.2 Å². The molecule has 1 aromatic carbocycles. The fourth-order valence-electron chi connectivity index (χ4n) is 3.31. The second-order valence-electron chi connectivity index (χ2n) is 6.18. The van der Waals surface area contributed by atoms with Crippen LogP contribution in [0.4, 0.5) is 5.69 Å². The number of H-pyrrole nitrogens is 1. The summed E-state index contributed by atoms with van der Waals surface area (Å²) in [6.07, 6.45) is 8.43. The predicted molar refractivity (Wildman–Crippen MR) is 99.1 cm³/mol. The minimum absolute atomic E-state index is 0.0593. The minimum Gasteiger partial charge on any atom is -0.361 e. The average molecular weight is 323 g/mol. The molecular weight excluding hydrogens is 298 g/mol. The molecule has 2 aromatic rings. The number of rotatable bonds is 4. The third-order valence-electron chi connectivity index (χ3n) is 4.61. The molecule has 4 heteroatoms. The maximum absolute atomic E-state index is 12.3. The van der Waals surface area contributed by atoms with E-state index < -0.39 is 0 Å². The third kappa shape index (κ3) is 3.60. The number of hydrogen-bond acceptors (Lipinski definition) is 2. The van der Waals surface area contributed by atoms with Crippen LogP contribution in [0.15, 0.2) is 24.4 Å². The van der Waals surface area contributed by atoms with Crippen LogP contribution in [0.25, 0.3) is 12.2 Å². The van der Waals surface area contributed by atoms with E-state index in [9.17, 15) is 4.79 Å². The van der Waals surface area contributed by atoms with Gasteiger partial charge in [-0.2, -0.15) is 0 Å². The van der Waals surface area contributed by atoms with Crippen LogP contribution in [0.2, 0.25) is 0 Å². The Balaban J connectivity index is 1.63. The lowest BCUT2D eigenvalue weighted by Gasteiger charge is -2.18. The first kappa shape index (κ1) is 16.5. The number of amides is 1. The summed E-state index contributed by atoms with van der Waals surface area (Å²) >= 11 is 0. The summed E-state index contributed by atoms with van der Waals surface area (Å²) < 4.78 is 0. The van der Waals surface area contributed by atoms with Gasteiger partial charge < -0.3 is 15.6 Å². The number of benzene rings is 1. The Morgan fingerprint density at radius 3 is 2.92 bits per heavy atom. The van der Waals surface area contributed by atoms with E-state index in [2.05, 4.69) is 39.9 Å². The number of anilines is 1. The molecule has 4 nitrogen and oxygen atoms in total. The molecule has 0 bridgehead atoms. The Morgan fingerprint density at radius 2 is 2.12 bits per heavy atom. The molecule has 1 amide bonds. The van der Waals surface area contributed by atoms with Crippen LogP contribution in [0.5, 0.6) is 0 Å². The van der Waals surface area contributed by atoms with Crippen molar-refractivity contribution in [2.24, 2.45) is 0 Å². The van der Waals surface area contributed by atoms with E-state index in [1.807, 2.05) is 26.1 Å². The lowest BCUT2D eigenvalue weighted by molar-refractivity contribution is -0.116. The highest BCUT2D eigenvalue weighted by Gasteiger charge is 2.10. The summed E-state index contributed by atoms with van der Waals surface area (Å²) in [7, 11) is 0. The van der Waals surface area contributed by atoms with Crippen LogP contribution < -0.4 is 21.2 Å². The average Bonchev–Trinajstić information content (AvgIpc) is 3.02. The summed E-state index contributed by atoms with van der Waals surface area (Å²) in [5.74, 6) is 0.0593. The highest BCUT2D eigenvalue weighted by Crippen LogP contribution is 2.19. The first-order valence-electron chi connectivity index (χ1n) is 8.62. The van der Waals surface area contributed by atoms with Crippen LogP contribution in [-0.2, 0) is 24.2 Å². The highest BCUT2D eigenvalue weighted by molar-refractivity contribution is 5.91. The Kier molecular flexibility index (Phi) is 5.16. The molecule has 24 heavy (non-hydrogen) atoms. The number of carbonyl (C=O) groups excluding carboxylic acids is 1. The van der Waals surface area contributed by atoms with E-state index in [4.69, 9.17) is 0 Å². The lowest BCUT2D eigenvalue weighted by atomic mass is 10.0. The van der Waals surface area contributed by atoms with Gasteiger partial charge in [0.2, 0.25) is 5.91 Å². The quantitative estimate of drug-likeness (QED) is 0.804. The molecule has 1 aliphatic heterocycles. The first-order chi connectivity index (χ1) is 11.7. The van der Waals surface area contributed by atoms with E-state index in [0.29, 0.717) is 6.42 Å². The van der Waals surface area contributed by atoms with Crippen LogP contribution in [-0.4, -0.2) is 17.4 Å². The second kappa shape index (κ2) is 7.49. The van der Waals surface area contributed by atoms with Crippen molar-refractivity contribution in [3.63, 3.8) is 0 Å². The standard InChI is InChI=1S/C20H25N3O/c1-3-18-15(13-22-19(18)4-2)6-8-20(24)23-17-7-5-14-9-10-21-12-16(14)11-17/h3-5,7,11,13,21-22H,6,8-10,12H2,1-2H3,(H,23,24)/b18-3-,19-4+. The van der Waals surface area contributed by atoms with Gasteiger partial charge in [0, 0.05) is 30.2 Å². The van der Waals surface area contributed by atoms with Gasteiger partial charge in [-0.25, -0.2) is 0 Å². The van der Waals surface area contributed by atoms with Crippen molar-refractivity contribution in [2.45, 2.75) is 39.7 Å². The molecular formula is C20H25N3O. The second-order valence-corrected chi connectivity index (χ2v) is 6.18. The monoisotopic (exact) mass is 323 g/mol. The molecule has 0 radical (unpaired) electrons. The molecule has 0 unspecified atom stereocenters. The Labute approximate surface area is 142 Å². The van der Waals surface area contributed by atoms with Crippen LogP contribution in [0, 0.1) is 0 Å². The van der Waals surface area contributed by atoms with Gasteiger partial charge in [-0.05, 0) is 67.3 Å². The fraction of sp³-hybridized carbons (Fsp3) is 0.350. The molecule has 3 N–H and O–H groups in total. The number of nitrogens with one attached hydrogen (secondary N) is 3. The fourth-order valence-corrected chi connectivity index (χ4v) is 3.31. The van der Waals surface area contributed by atoms with Gasteiger partial charge in [0.15, 0.2) is 0 Å². The molecule has 2 heterocycles. The Hall–Kier alpha value is -2.33. The summed E-state index contributed by atoms with van der Waals surface area (Å²) in [6, 6.07) is 6.23. The van der Waals surface area contributed by atoms with Crippen LogP contribution in [0.1, 0.15) is 37.0 Å². The zero-order valence-corrected chi connectivity index (χ0v) is 14.4. The number of carbonyl (C=O) groups is 1. The Bertz CT molecular complexity index is 848. The third-order valence-corrected chi connectivity index (χ3v) is 4.61. The van der Waals surface area contributed by atoms with Crippen molar-refractivity contribution in [1.82, 2.24) is 10.3 Å². The number of aryl methyl sites for hydroxylation is 1. The van der Waals surface area contributed by atoms with E-state index in [0.717, 1.165) is 37.0 Å². The SMILES string of the molecule is C/C=c1/c(CCC(=O)Nc2ccc3c(c2)CNCC3)c[nH]/c1=C/C. The predicted octanol–water partition coefficient (Wildman–Crippen LogP) is 1.83. The van der Waals surface area contributed by atoms with Crippen molar-refractivity contribution in [2.75, 3.05) is 11.9 Å². The van der Waals surface area contributed by atoms with Gasteiger partial charge >= 0.3 is 0 Å². The van der Waals surface area contributed by atoms with E-state index in [1.165, 1.54) is 21.9 Å². The maximum atomic E-state index is 12.3. The number of aromatic nitrogens is 1. The van der Waals surface area contributed by atoms with Crippen molar-refractivity contribution >= 4 is 23.7 Å². The van der Waals surface area contributed by atoms with Crippen molar-refractivity contribution in [1.29, 1.82) is 0 Å². The normalized spacial score (nSPS) is 15.4. The summed E-state index contributed by atoms with van der Waals surface area (Å²) in [6.45, 7) is 5.96. The molecule has 0 fully saturated rings. The molecule has 0 saturated carbocycles. The van der Waals surface area contributed by atoms with Gasteiger partial charge in [-0.15, -0.1) is 0 Å². The number of aromatic amines is 1. The smallest absolute Gasteiger partial charge is 0.224 e. The summed E-state index contributed by atoms with van der Waals surface area (Å²) in [5, 5.41) is 8.71. The van der Waals surface area contributed by atoms with Gasteiger partial charge in [0.05, 0.1) is 0 Å². The Morgan fingerprint density at radius 1 is 1.25 bits per heavy atom. The van der Waals surface area contributed by atoms with Gasteiger partial charge in [0.1, 0.15) is 0 Å². The molecule has 126 valence electrons. The van der Waals surface area contributed by atoms with E-state index in [1.54, 1.807) is 0 Å². The summed E-state index contributed by atoms with van der Waals surface area (Å²) in [4.78, 5) is 15.5. The molecule has 0 spiro atoms. The molecule has 1 aliphatic rings. The zero-order chi connectivity index (χ0) is 16.9. The molecule has 0 saturated heterocycles. The lowest BCUT2D eigenvalue weighted by Crippen LogP contribution is -2.25. The molecule has 0 atom stereocenters. The van der Waals surface area contributed by atoms with Crippen LogP contribution >= 0.6 is 0 Å². The molecule has 1 aromatic heterocycles. The zero-order valence-electron chi connectivity index (χ0n) is 14.4. The minimum atomic E-state index is 0.0593. The topological polar surface area (TPSA) is 56.9 Å². The van der Waals surface area contributed by atoms with Gasteiger partial charge in [0.25, 0.3) is 0 Å². The van der Waals surface area contributed by atoms with E-state index in [-0.39, 0.29) is 5.91 Å². The number of fused-ring (bicyclic) bond motifs is 1. The van der Waals surface area contributed by atoms with Crippen LogP contribution in [0.3, 0.4) is 0 Å². The molecule has 0 aliphatic carbocycles. The summed E-state index contributed by atoms with van der Waals surface area (Å²) in [5.41, 5.74) is 4.75.